The van der Waals surface area contributed by atoms with E-state index in [-0.39, 0.29) is 18.4 Å². The highest BCUT2D eigenvalue weighted by atomic mass is 19.4. The summed E-state index contributed by atoms with van der Waals surface area (Å²) in [6.07, 6.45) is 0.554. The van der Waals surface area contributed by atoms with Gasteiger partial charge in [-0.05, 0) is 30.5 Å². The number of aromatic nitrogens is 3. The van der Waals surface area contributed by atoms with E-state index in [4.69, 9.17) is 0 Å². The van der Waals surface area contributed by atoms with Crippen LogP contribution in [0.5, 0.6) is 0 Å². The molecule has 8 heteroatoms. The maximum Gasteiger partial charge on any atom is 0.416 e. The van der Waals surface area contributed by atoms with Crippen LogP contribution in [0.3, 0.4) is 0 Å². The van der Waals surface area contributed by atoms with Gasteiger partial charge in [0.05, 0.1) is 30.4 Å². The van der Waals surface area contributed by atoms with Gasteiger partial charge in [0.25, 0.3) is 0 Å². The van der Waals surface area contributed by atoms with Gasteiger partial charge in [-0.15, -0.1) is 0 Å². The second-order valence-electron chi connectivity index (χ2n) is 5.83. The summed E-state index contributed by atoms with van der Waals surface area (Å²) in [4.78, 5) is 15.7. The molecule has 128 valence electrons. The van der Waals surface area contributed by atoms with Gasteiger partial charge in [-0.1, -0.05) is 12.1 Å². The summed E-state index contributed by atoms with van der Waals surface area (Å²) >= 11 is 0. The van der Waals surface area contributed by atoms with Crippen LogP contribution >= 0.6 is 0 Å². The third-order valence-electron chi connectivity index (χ3n) is 4.22. The topological polar surface area (TPSA) is 51.0 Å². The van der Waals surface area contributed by atoms with E-state index in [0.29, 0.717) is 18.7 Å². The maximum atomic E-state index is 12.5. The van der Waals surface area contributed by atoms with Crippen molar-refractivity contribution in [3.63, 3.8) is 0 Å². The normalized spacial score (nSPS) is 16.4. The van der Waals surface area contributed by atoms with Gasteiger partial charge < -0.3 is 4.90 Å². The van der Waals surface area contributed by atoms with Crippen LogP contribution in [0.1, 0.15) is 30.0 Å². The number of nitrogens with zero attached hydrogens (tertiary/aromatic N) is 4. The standard InChI is InChI=1S/C16H17F3N4O/c17-16(18,19)13-3-1-12(2-4-13)11-15(24)22-9-5-14(6-10-22)23-20-7-8-21-23/h1-4,7-8,14H,5-6,9-11H2. The van der Waals surface area contributed by atoms with Crippen LogP contribution in [-0.2, 0) is 17.4 Å². The van der Waals surface area contributed by atoms with Gasteiger partial charge in [-0.25, -0.2) is 0 Å². The molecule has 3 rings (SSSR count). The zero-order valence-electron chi connectivity index (χ0n) is 12.9. The van der Waals surface area contributed by atoms with Gasteiger partial charge in [-0.3, -0.25) is 4.79 Å². The predicted octanol–water partition coefficient (Wildman–Crippen LogP) is 2.70. The first kappa shape index (κ1) is 16.5. The van der Waals surface area contributed by atoms with Gasteiger partial charge in [0, 0.05) is 13.1 Å². The van der Waals surface area contributed by atoms with Crippen molar-refractivity contribution in [3.8, 4) is 0 Å². The van der Waals surface area contributed by atoms with Crippen LogP contribution in [0.4, 0.5) is 13.2 Å². The second kappa shape index (κ2) is 6.62. The highest BCUT2D eigenvalue weighted by molar-refractivity contribution is 5.78. The first-order valence-electron chi connectivity index (χ1n) is 7.73. The fourth-order valence-electron chi connectivity index (χ4n) is 2.86. The SMILES string of the molecule is O=C(Cc1ccc(C(F)(F)F)cc1)N1CCC(n2nccn2)CC1. The van der Waals surface area contributed by atoms with Crippen molar-refractivity contribution in [3.05, 3.63) is 47.8 Å². The van der Waals surface area contributed by atoms with E-state index in [9.17, 15) is 18.0 Å². The molecule has 0 N–H and O–H groups in total. The smallest absolute Gasteiger partial charge is 0.342 e. The molecular weight excluding hydrogens is 321 g/mol. The molecule has 0 unspecified atom stereocenters. The molecule has 0 atom stereocenters. The number of likely N-dealkylation sites (tertiary alicyclic amines) is 1. The molecule has 1 amide bonds. The molecule has 0 saturated carbocycles. The van der Waals surface area contributed by atoms with Crippen molar-refractivity contribution in [2.24, 2.45) is 0 Å². The number of hydrogen-bond acceptors (Lipinski definition) is 3. The van der Waals surface area contributed by atoms with E-state index in [0.717, 1.165) is 25.0 Å². The van der Waals surface area contributed by atoms with Gasteiger partial charge >= 0.3 is 6.18 Å². The lowest BCUT2D eigenvalue weighted by atomic mass is 10.0. The minimum atomic E-state index is -4.36. The Bertz CT molecular complexity index is 674. The summed E-state index contributed by atoms with van der Waals surface area (Å²) in [5, 5.41) is 8.23. The molecule has 1 aliphatic heterocycles. The zero-order valence-corrected chi connectivity index (χ0v) is 12.9. The fourth-order valence-corrected chi connectivity index (χ4v) is 2.86. The Morgan fingerprint density at radius 2 is 1.67 bits per heavy atom. The molecule has 1 saturated heterocycles. The third kappa shape index (κ3) is 3.74. The predicted molar refractivity (Wildman–Crippen MR) is 80.0 cm³/mol. The third-order valence-corrected chi connectivity index (χ3v) is 4.22. The molecule has 1 aromatic carbocycles. The van der Waals surface area contributed by atoms with Crippen LogP contribution in [0.15, 0.2) is 36.7 Å². The molecule has 0 radical (unpaired) electrons. The van der Waals surface area contributed by atoms with E-state index < -0.39 is 11.7 Å². The summed E-state index contributed by atoms with van der Waals surface area (Å²) in [6, 6.07) is 4.94. The van der Waals surface area contributed by atoms with E-state index in [1.807, 2.05) is 0 Å². The van der Waals surface area contributed by atoms with Crippen molar-refractivity contribution in [2.45, 2.75) is 31.5 Å². The molecule has 24 heavy (non-hydrogen) atoms. The monoisotopic (exact) mass is 338 g/mol. The molecule has 2 aromatic rings. The van der Waals surface area contributed by atoms with Crippen molar-refractivity contribution in [1.29, 1.82) is 0 Å². The molecular formula is C16H17F3N4O. The summed E-state index contributed by atoms with van der Waals surface area (Å²) in [5.74, 6) is -0.0679. The largest absolute Gasteiger partial charge is 0.416 e. The van der Waals surface area contributed by atoms with Crippen molar-refractivity contribution < 1.29 is 18.0 Å². The zero-order chi connectivity index (χ0) is 17.2. The minimum Gasteiger partial charge on any atom is -0.342 e. The number of piperidine rings is 1. The number of rotatable bonds is 3. The number of alkyl halides is 3. The van der Waals surface area contributed by atoms with E-state index >= 15 is 0 Å². The first-order chi connectivity index (χ1) is 11.4. The van der Waals surface area contributed by atoms with Crippen LogP contribution in [0, 0.1) is 0 Å². The quantitative estimate of drug-likeness (QED) is 0.865. The summed E-state index contributed by atoms with van der Waals surface area (Å²) in [6.45, 7) is 1.21. The highest BCUT2D eigenvalue weighted by Gasteiger charge is 2.30. The van der Waals surface area contributed by atoms with Gasteiger partial charge in [0.15, 0.2) is 0 Å². The van der Waals surface area contributed by atoms with E-state index in [1.165, 1.54) is 12.1 Å². The maximum absolute atomic E-state index is 12.5. The Labute approximate surface area is 137 Å². The number of carbonyl (C=O) groups excluding carboxylic acids is 1. The molecule has 2 heterocycles. The Kier molecular flexibility index (Phi) is 4.55. The van der Waals surface area contributed by atoms with Gasteiger partial charge in [0.1, 0.15) is 0 Å². The average Bonchev–Trinajstić information content (AvgIpc) is 3.09. The molecule has 1 fully saturated rings. The van der Waals surface area contributed by atoms with Crippen LogP contribution in [-0.4, -0.2) is 38.9 Å². The van der Waals surface area contributed by atoms with Gasteiger partial charge in [-0.2, -0.15) is 28.2 Å². The van der Waals surface area contributed by atoms with E-state index in [1.54, 1.807) is 22.1 Å². The molecule has 0 spiro atoms. The van der Waals surface area contributed by atoms with Crippen LogP contribution in [0.2, 0.25) is 0 Å². The average molecular weight is 338 g/mol. The van der Waals surface area contributed by atoms with Crippen LogP contribution in [0.25, 0.3) is 0 Å². The highest BCUT2D eigenvalue weighted by Crippen LogP contribution is 2.29. The summed E-state index contributed by atoms with van der Waals surface area (Å²) < 4.78 is 37.6. The van der Waals surface area contributed by atoms with Gasteiger partial charge in [0.2, 0.25) is 5.91 Å². The fraction of sp³-hybridized carbons (Fsp3) is 0.438. The Hall–Kier alpha value is -2.38. The Morgan fingerprint density at radius 3 is 2.21 bits per heavy atom. The number of benzene rings is 1. The Balaban J connectivity index is 1.54. The molecule has 5 nitrogen and oxygen atoms in total. The number of amides is 1. The van der Waals surface area contributed by atoms with Crippen molar-refractivity contribution in [1.82, 2.24) is 19.9 Å². The lowest BCUT2D eigenvalue weighted by Crippen LogP contribution is -2.40. The number of halogens is 3. The summed E-state index contributed by atoms with van der Waals surface area (Å²) in [7, 11) is 0. The Morgan fingerprint density at radius 1 is 1.08 bits per heavy atom. The lowest BCUT2D eigenvalue weighted by molar-refractivity contribution is -0.137. The molecule has 0 aliphatic carbocycles. The number of carbonyl (C=O) groups is 1. The second-order valence-corrected chi connectivity index (χ2v) is 5.83. The lowest BCUT2D eigenvalue weighted by Gasteiger charge is -2.31. The van der Waals surface area contributed by atoms with Crippen molar-refractivity contribution >= 4 is 5.91 Å². The summed E-state index contributed by atoms with van der Waals surface area (Å²) in [5.41, 5.74) is -0.116. The van der Waals surface area contributed by atoms with Crippen LogP contribution < -0.4 is 0 Å². The molecule has 0 bridgehead atoms. The number of hydrogen-bond donors (Lipinski definition) is 0. The molecule has 1 aliphatic rings. The first-order valence-corrected chi connectivity index (χ1v) is 7.73. The molecule has 1 aromatic heterocycles. The minimum absolute atomic E-state index is 0.0679. The van der Waals surface area contributed by atoms with E-state index in [2.05, 4.69) is 10.2 Å². The van der Waals surface area contributed by atoms with Crippen molar-refractivity contribution in [2.75, 3.05) is 13.1 Å².